The summed E-state index contributed by atoms with van der Waals surface area (Å²) in [5.41, 5.74) is 0.915. The monoisotopic (exact) mass is 501 g/mol. The molecule has 3 aromatic rings. The average molecular weight is 502 g/mol. The van der Waals surface area contributed by atoms with Gasteiger partial charge in [0.2, 0.25) is 0 Å². The van der Waals surface area contributed by atoms with Crippen LogP contribution in [0.1, 0.15) is 56.1 Å². The Morgan fingerprint density at radius 2 is 1.86 bits per heavy atom. The highest BCUT2D eigenvalue weighted by Gasteiger charge is 2.45. The van der Waals surface area contributed by atoms with Gasteiger partial charge in [0.05, 0.1) is 25.3 Å². The molecule has 2 heterocycles. The third kappa shape index (κ3) is 4.78. The van der Waals surface area contributed by atoms with E-state index in [9.17, 15) is 22.8 Å². The zero-order chi connectivity index (χ0) is 26.2. The number of hydrogen-bond acceptors (Lipinski definition) is 6. The zero-order valence-electron chi connectivity index (χ0n) is 20.0. The number of hydrogen-bond donors (Lipinski definition) is 1. The van der Waals surface area contributed by atoms with Crippen LogP contribution in [-0.4, -0.2) is 40.3 Å². The highest BCUT2D eigenvalue weighted by atomic mass is 19.4. The van der Waals surface area contributed by atoms with Crippen LogP contribution in [0.4, 0.5) is 19.0 Å². The van der Waals surface area contributed by atoms with Crippen molar-refractivity contribution >= 4 is 17.7 Å². The summed E-state index contributed by atoms with van der Waals surface area (Å²) in [5, 5.41) is 4.51. The molecule has 190 valence electrons. The lowest BCUT2D eigenvalue weighted by molar-refractivity contribution is -0.141. The van der Waals surface area contributed by atoms with Crippen LogP contribution in [0, 0.1) is 6.92 Å². The van der Waals surface area contributed by atoms with E-state index in [1.807, 2.05) is 31.2 Å². The van der Waals surface area contributed by atoms with Crippen LogP contribution in [0.3, 0.4) is 0 Å². The number of carbonyl (C=O) groups is 2. The Labute approximate surface area is 206 Å². The SMILES string of the molecule is COC(=O)c1ccc([C@H](C)N(N)C(=O)c2c(C(F)(F)F)nn3c2N(Cc2cccc(C)c2)CC3)cc1. The van der Waals surface area contributed by atoms with E-state index in [-0.39, 0.29) is 12.4 Å². The molecule has 11 heteroatoms. The Hall–Kier alpha value is -3.86. The van der Waals surface area contributed by atoms with Crippen molar-refractivity contribution < 1.29 is 27.5 Å². The Bertz CT molecular complexity index is 1290. The van der Waals surface area contributed by atoms with Gasteiger partial charge < -0.3 is 9.64 Å². The number of carbonyl (C=O) groups excluding carboxylic acids is 2. The summed E-state index contributed by atoms with van der Waals surface area (Å²) in [7, 11) is 1.25. The standard InChI is InChI=1S/C25H26F3N5O3/c1-15-5-4-6-17(13-15)14-31-11-12-32-22(31)20(21(30-32)25(26,27)28)23(34)33(29)16(2)18-7-9-19(10-8-18)24(35)36-3/h4-10,13,16H,11-12,14,29H2,1-3H3/t16-/m0/s1. The molecule has 8 nitrogen and oxygen atoms in total. The molecular formula is C25H26F3N5O3. The third-order valence-electron chi connectivity index (χ3n) is 6.21. The number of nitrogens with zero attached hydrogens (tertiary/aromatic N) is 4. The van der Waals surface area contributed by atoms with Gasteiger partial charge in [-0.05, 0) is 37.1 Å². The van der Waals surface area contributed by atoms with Gasteiger partial charge in [0.25, 0.3) is 5.91 Å². The molecule has 1 aliphatic rings. The van der Waals surface area contributed by atoms with Gasteiger partial charge in [0, 0.05) is 13.1 Å². The number of esters is 1. The number of amides is 1. The lowest BCUT2D eigenvalue weighted by Gasteiger charge is -2.26. The number of methoxy groups -OCH3 is 1. The number of halogens is 3. The van der Waals surface area contributed by atoms with Crippen LogP contribution >= 0.6 is 0 Å². The number of rotatable bonds is 6. The summed E-state index contributed by atoms with van der Waals surface area (Å²) >= 11 is 0. The number of aryl methyl sites for hydroxylation is 1. The molecule has 4 rings (SSSR count). The van der Waals surface area contributed by atoms with Crippen molar-refractivity contribution in [3.8, 4) is 0 Å². The van der Waals surface area contributed by atoms with Gasteiger partial charge in [0.15, 0.2) is 5.69 Å². The Morgan fingerprint density at radius 1 is 1.17 bits per heavy atom. The molecule has 2 aromatic carbocycles. The number of fused-ring (bicyclic) bond motifs is 1. The van der Waals surface area contributed by atoms with Crippen LogP contribution in [0.15, 0.2) is 48.5 Å². The topological polar surface area (TPSA) is 93.7 Å². The minimum Gasteiger partial charge on any atom is -0.465 e. The molecule has 2 N–H and O–H groups in total. The summed E-state index contributed by atoms with van der Waals surface area (Å²) in [6, 6.07) is 13.0. The maximum Gasteiger partial charge on any atom is 0.436 e. The third-order valence-corrected chi connectivity index (χ3v) is 6.21. The first-order valence-electron chi connectivity index (χ1n) is 11.3. The van der Waals surface area contributed by atoms with Gasteiger partial charge in [-0.3, -0.25) is 9.80 Å². The normalized spacial score (nSPS) is 13.9. The summed E-state index contributed by atoms with van der Waals surface area (Å²) in [6.45, 7) is 4.46. The van der Waals surface area contributed by atoms with Gasteiger partial charge in [-0.15, -0.1) is 0 Å². The van der Waals surface area contributed by atoms with Crippen LogP contribution in [0.5, 0.6) is 0 Å². The van der Waals surface area contributed by atoms with Crippen molar-refractivity contribution in [1.29, 1.82) is 0 Å². The quantitative estimate of drug-likeness (QED) is 0.237. The Kier molecular flexibility index (Phi) is 6.77. The van der Waals surface area contributed by atoms with E-state index in [1.54, 1.807) is 24.0 Å². The molecule has 0 saturated heterocycles. The van der Waals surface area contributed by atoms with E-state index >= 15 is 0 Å². The van der Waals surface area contributed by atoms with E-state index < -0.39 is 35.4 Å². The predicted octanol–water partition coefficient (Wildman–Crippen LogP) is 4.09. The van der Waals surface area contributed by atoms with Crippen molar-refractivity contribution in [2.45, 2.75) is 39.2 Å². The highest BCUT2D eigenvalue weighted by Crippen LogP contribution is 2.39. The zero-order valence-corrected chi connectivity index (χ0v) is 20.0. The van der Waals surface area contributed by atoms with Crippen molar-refractivity contribution in [1.82, 2.24) is 14.8 Å². The summed E-state index contributed by atoms with van der Waals surface area (Å²) in [5.74, 6) is 4.67. The summed E-state index contributed by atoms with van der Waals surface area (Å²) < 4.78 is 47.8. The number of nitrogens with two attached hydrogens (primary N) is 1. The summed E-state index contributed by atoms with van der Waals surface area (Å²) in [6.07, 6.45) is -4.84. The van der Waals surface area contributed by atoms with E-state index in [1.165, 1.54) is 23.9 Å². The number of anilines is 1. The fourth-order valence-electron chi connectivity index (χ4n) is 4.31. The molecule has 0 spiro atoms. The number of aromatic nitrogens is 2. The molecule has 0 aliphatic carbocycles. The maximum absolute atomic E-state index is 14.0. The lowest BCUT2D eigenvalue weighted by Crippen LogP contribution is -2.41. The largest absolute Gasteiger partial charge is 0.465 e. The second-order valence-corrected chi connectivity index (χ2v) is 8.68. The number of hydrazine groups is 1. The van der Waals surface area contributed by atoms with Crippen LogP contribution in [0.25, 0.3) is 0 Å². The minimum atomic E-state index is -4.84. The molecule has 0 fully saturated rings. The molecule has 1 amide bonds. The summed E-state index contributed by atoms with van der Waals surface area (Å²) in [4.78, 5) is 26.9. The fourth-order valence-corrected chi connectivity index (χ4v) is 4.31. The molecule has 0 radical (unpaired) electrons. The lowest BCUT2D eigenvalue weighted by atomic mass is 10.0. The minimum absolute atomic E-state index is 0.0949. The first-order chi connectivity index (χ1) is 17.0. The van der Waals surface area contributed by atoms with Crippen LogP contribution in [0.2, 0.25) is 0 Å². The number of alkyl halides is 3. The number of benzene rings is 2. The van der Waals surface area contributed by atoms with Crippen LogP contribution in [-0.2, 0) is 24.0 Å². The van der Waals surface area contributed by atoms with E-state index in [4.69, 9.17) is 5.84 Å². The average Bonchev–Trinajstić information content (AvgIpc) is 3.42. The predicted molar refractivity (Wildman–Crippen MR) is 126 cm³/mol. The molecule has 0 bridgehead atoms. The van der Waals surface area contributed by atoms with E-state index in [0.717, 1.165) is 16.1 Å². The van der Waals surface area contributed by atoms with Gasteiger partial charge in [-0.2, -0.15) is 18.3 Å². The molecule has 0 saturated carbocycles. The first-order valence-corrected chi connectivity index (χ1v) is 11.3. The van der Waals surface area contributed by atoms with Gasteiger partial charge >= 0.3 is 12.1 Å². The van der Waals surface area contributed by atoms with Crippen molar-refractivity contribution in [3.05, 3.63) is 82.0 Å². The van der Waals surface area contributed by atoms with Crippen LogP contribution < -0.4 is 10.7 Å². The van der Waals surface area contributed by atoms with Crippen molar-refractivity contribution in [2.24, 2.45) is 5.84 Å². The van der Waals surface area contributed by atoms with E-state index in [2.05, 4.69) is 9.84 Å². The second kappa shape index (κ2) is 9.65. The Morgan fingerprint density at radius 3 is 2.47 bits per heavy atom. The molecule has 1 atom stereocenters. The maximum atomic E-state index is 14.0. The molecule has 1 aliphatic heterocycles. The molecule has 0 unspecified atom stereocenters. The van der Waals surface area contributed by atoms with Gasteiger partial charge in [-0.1, -0.05) is 42.0 Å². The Balaban J connectivity index is 1.68. The van der Waals surface area contributed by atoms with Crippen molar-refractivity contribution in [2.75, 3.05) is 18.6 Å². The molecular weight excluding hydrogens is 475 g/mol. The molecule has 36 heavy (non-hydrogen) atoms. The smallest absolute Gasteiger partial charge is 0.436 e. The fraction of sp³-hybridized carbons (Fsp3) is 0.320. The second-order valence-electron chi connectivity index (χ2n) is 8.68. The number of ether oxygens (including phenoxy) is 1. The first kappa shape index (κ1) is 25.2. The highest BCUT2D eigenvalue weighted by molar-refractivity contribution is 6.00. The molecule has 1 aromatic heterocycles. The van der Waals surface area contributed by atoms with E-state index in [0.29, 0.717) is 24.2 Å². The van der Waals surface area contributed by atoms with Gasteiger partial charge in [-0.25, -0.2) is 15.3 Å². The van der Waals surface area contributed by atoms with Crippen molar-refractivity contribution in [3.63, 3.8) is 0 Å². The van der Waals surface area contributed by atoms with Gasteiger partial charge in [0.1, 0.15) is 11.4 Å².